The quantitative estimate of drug-likeness (QED) is 0.638. The van der Waals surface area contributed by atoms with Crippen molar-refractivity contribution in [2.75, 3.05) is 0 Å². The molecule has 1 rings (SSSR count). The highest BCUT2D eigenvalue weighted by Gasteiger charge is 2.00. The van der Waals surface area contributed by atoms with Gasteiger partial charge in [0.2, 0.25) is 0 Å². The molecule has 0 N–H and O–H groups in total. The molecule has 0 saturated heterocycles. The van der Waals surface area contributed by atoms with Gasteiger partial charge in [0.1, 0.15) is 5.75 Å². The van der Waals surface area contributed by atoms with Crippen LogP contribution in [-0.4, -0.2) is 12.4 Å². The van der Waals surface area contributed by atoms with Gasteiger partial charge in [-0.25, -0.2) is 0 Å². The molecule has 0 heterocycles. The van der Waals surface area contributed by atoms with Crippen molar-refractivity contribution in [3.05, 3.63) is 29.8 Å². The topological polar surface area (TPSA) is 26.3 Å². The Labute approximate surface area is 72.2 Å². The number of carbonyl (C=O) groups is 1. The predicted molar refractivity (Wildman–Crippen MR) is 47.3 cm³/mol. The molecule has 1 atom stereocenters. The highest BCUT2D eigenvalue weighted by Crippen LogP contribution is 2.13. The largest absolute Gasteiger partial charge is 0.483 e. The maximum Gasteiger partial charge on any atom is 0.160 e. The van der Waals surface area contributed by atoms with E-state index in [0.717, 1.165) is 17.6 Å². The fourth-order valence-corrected chi connectivity index (χ4v) is 0.931. The van der Waals surface area contributed by atoms with Gasteiger partial charge in [0.05, 0.1) is 0 Å². The van der Waals surface area contributed by atoms with Crippen molar-refractivity contribution in [2.24, 2.45) is 0 Å². The number of rotatable bonds is 3. The lowest BCUT2D eigenvalue weighted by Gasteiger charge is -2.08. The van der Waals surface area contributed by atoms with Gasteiger partial charge in [-0.15, -0.1) is 0 Å². The number of carbonyl (C=O) groups excluding carboxylic acids is 1. The molecular weight excluding hydrogens is 152 g/mol. The second-order valence-electron chi connectivity index (χ2n) is 2.78. The molecular formula is C10H12O2. The number of aldehydes is 1. The molecule has 1 aromatic carbocycles. The van der Waals surface area contributed by atoms with E-state index in [1.54, 1.807) is 6.92 Å². The van der Waals surface area contributed by atoms with Crippen LogP contribution in [0.2, 0.25) is 0 Å². The summed E-state index contributed by atoms with van der Waals surface area (Å²) in [5, 5.41) is 0. The maximum absolute atomic E-state index is 10.3. The Bertz CT molecular complexity index is 268. The standard InChI is InChI=1S/C10H12O2/c1-8-4-3-5-10(6-8)12-9(2)7-11/h3-7,9H,1-2H3/t9-/m0/s1. The Kier molecular flexibility index (Phi) is 2.86. The van der Waals surface area contributed by atoms with Crippen molar-refractivity contribution in [3.8, 4) is 5.75 Å². The second kappa shape index (κ2) is 3.90. The van der Waals surface area contributed by atoms with Crippen LogP contribution in [-0.2, 0) is 4.79 Å². The van der Waals surface area contributed by atoms with Crippen LogP contribution >= 0.6 is 0 Å². The first-order valence-corrected chi connectivity index (χ1v) is 3.91. The van der Waals surface area contributed by atoms with Gasteiger partial charge in [-0.2, -0.15) is 0 Å². The first kappa shape index (κ1) is 8.78. The fraction of sp³-hybridized carbons (Fsp3) is 0.300. The highest BCUT2D eigenvalue weighted by molar-refractivity contribution is 5.56. The molecule has 0 aliphatic carbocycles. The minimum Gasteiger partial charge on any atom is -0.483 e. The molecule has 1 aromatic rings. The fourth-order valence-electron chi connectivity index (χ4n) is 0.931. The molecule has 0 unspecified atom stereocenters. The van der Waals surface area contributed by atoms with E-state index in [-0.39, 0.29) is 6.10 Å². The van der Waals surface area contributed by atoms with E-state index in [4.69, 9.17) is 4.74 Å². The molecule has 0 aromatic heterocycles. The molecule has 64 valence electrons. The van der Waals surface area contributed by atoms with Crippen LogP contribution < -0.4 is 4.74 Å². The molecule has 0 aliphatic rings. The van der Waals surface area contributed by atoms with Gasteiger partial charge in [0.25, 0.3) is 0 Å². The van der Waals surface area contributed by atoms with E-state index in [1.807, 2.05) is 31.2 Å². The van der Waals surface area contributed by atoms with Crippen LogP contribution in [0.25, 0.3) is 0 Å². The number of benzene rings is 1. The van der Waals surface area contributed by atoms with Crippen LogP contribution in [0, 0.1) is 6.92 Å². The summed E-state index contributed by atoms with van der Waals surface area (Å²) in [4.78, 5) is 10.3. The minimum absolute atomic E-state index is 0.369. The van der Waals surface area contributed by atoms with Gasteiger partial charge in [-0.3, -0.25) is 4.79 Å². The number of hydrogen-bond donors (Lipinski definition) is 0. The van der Waals surface area contributed by atoms with Gasteiger partial charge < -0.3 is 4.74 Å². The van der Waals surface area contributed by atoms with Gasteiger partial charge in [0, 0.05) is 0 Å². The van der Waals surface area contributed by atoms with Crippen molar-refractivity contribution in [1.82, 2.24) is 0 Å². The Morgan fingerprint density at radius 3 is 2.83 bits per heavy atom. The van der Waals surface area contributed by atoms with E-state index in [2.05, 4.69) is 0 Å². The van der Waals surface area contributed by atoms with E-state index in [1.165, 1.54) is 0 Å². The second-order valence-corrected chi connectivity index (χ2v) is 2.78. The van der Waals surface area contributed by atoms with Crippen molar-refractivity contribution in [1.29, 1.82) is 0 Å². The van der Waals surface area contributed by atoms with Crippen LogP contribution in [0.5, 0.6) is 5.75 Å². The molecule has 0 amide bonds. The summed E-state index contributed by atoms with van der Waals surface area (Å²) >= 11 is 0. The van der Waals surface area contributed by atoms with Crippen LogP contribution in [0.4, 0.5) is 0 Å². The van der Waals surface area contributed by atoms with Crippen LogP contribution in [0.1, 0.15) is 12.5 Å². The third kappa shape index (κ3) is 2.38. The average molecular weight is 164 g/mol. The zero-order chi connectivity index (χ0) is 8.97. The first-order chi connectivity index (χ1) is 5.72. The lowest BCUT2D eigenvalue weighted by Crippen LogP contribution is -2.12. The molecule has 0 aliphatic heterocycles. The van der Waals surface area contributed by atoms with Crippen molar-refractivity contribution in [3.63, 3.8) is 0 Å². The zero-order valence-corrected chi connectivity index (χ0v) is 7.28. The number of ether oxygens (including phenoxy) is 1. The summed E-state index contributed by atoms with van der Waals surface area (Å²) in [6.07, 6.45) is 0.411. The predicted octanol–water partition coefficient (Wildman–Crippen LogP) is 1.96. The van der Waals surface area contributed by atoms with E-state index < -0.39 is 0 Å². The lowest BCUT2D eigenvalue weighted by molar-refractivity contribution is -0.113. The van der Waals surface area contributed by atoms with Crippen LogP contribution in [0.3, 0.4) is 0 Å². The van der Waals surface area contributed by atoms with Gasteiger partial charge in [-0.05, 0) is 31.5 Å². The summed E-state index contributed by atoms with van der Waals surface area (Å²) in [6.45, 7) is 3.70. The highest BCUT2D eigenvalue weighted by atomic mass is 16.5. The molecule has 2 heteroatoms. The lowest BCUT2D eigenvalue weighted by atomic mass is 10.2. The summed E-state index contributed by atoms with van der Waals surface area (Å²) in [6, 6.07) is 7.63. The van der Waals surface area contributed by atoms with Crippen molar-refractivity contribution in [2.45, 2.75) is 20.0 Å². The summed E-state index contributed by atoms with van der Waals surface area (Å²) in [5.41, 5.74) is 1.13. The molecule has 0 radical (unpaired) electrons. The third-order valence-electron chi connectivity index (χ3n) is 1.50. The van der Waals surface area contributed by atoms with E-state index in [0.29, 0.717) is 0 Å². The van der Waals surface area contributed by atoms with Crippen molar-refractivity contribution >= 4 is 6.29 Å². The van der Waals surface area contributed by atoms with Crippen LogP contribution in [0.15, 0.2) is 24.3 Å². The summed E-state index contributed by atoms with van der Waals surface area (Å²) in [7, 11) is 0. The Morgan fingerprint density at radius 1 is 1.50 bits per heavy atom. The average Bonchev–Trinajstić information content (AvgIpc) is 2.04. The molecule has 0 saturated carbocycles. The minimum atomic E-state index is -0.369. The molecule has 12 heavy (non-hydrogen) atoms. The maximum atomic E-state index is 10.3. The SMILES string of the molecule is Cc1cccc(O[C@@H](C)C=O)c1. The van der Waals surface area contributed by atoms with E-state index >= 15 is 0 Å². The number of aryl methyl sites for hydroxylation is 1. The zero-order valence-electron chi connectivity index (χ0n) is 7.28. The van der Waals surface area contributed by atoms with Gasteiger partial charge in [0.15, 0.2) is 12.4 Å². The third-order valence-corrected chi connectivity index (χ3v) is 1.50. The van der Waals surface area contributed by atoms with E-state index in [9.17, 15) is 4.79 Å². The Balaban J connectivity index is 2.69. The Morgan fingerprint density at radius 2 is 2.25 bits per heavy atom. The molecule has 2 nitrogen and oxygen atoms in total. The monoisotopic (exact) mass is 164 g/mol. The van der Waals surface area contributed by atoms with Gasteiger partial charge in [-0.1, -0.05) is 12.1 Å². The summed E-state index contributed by atoms with van der Waals surface area (Å²) in [5.74, 6) is 0.745. The smallest absolute Gasteiger partial charge is 0.160 e. The normalized spacial score (nSPS) is 12.2. The Hall–Kier alpha value is -1.31. The van der Waals surface area contributed by atoms with Gasteiger partial charge >= 0.3 is 0 Å². The summed E-state index contributed by atoms with van der Waals surface area (Å²) < 4.78 is 5.28. The first-order valence-electron chi connectivity index (χ1n) is 3.91. The molecule has 0 fully saturated rings. The molecule has 0 spiro atoms. The number of hydrogen-bond acceptors (Lipinski definition) is 2. The molecule has 0 bridgehead atoms. The van der Waals surface area contributed by atoms with Crippen molar-refractivity contribution < 1.29 is 9.53 Å².